The molecular weight excluding hydrogens is 709 g/mol. The number of ether oxygens (including phenoxy) is 3. The minimum atomic E-state index is -0.824. The molecule has 0 aliphatic carbocycles. The maximum atomic E-state index is 12.7. The summed E-state index contributed by atoms with van der Waals surface area (Å²) in [5, 5.41) is 0. The molecule has 0 amide bonds. The van der Waals surface area contributed by atoms with Crippen LogP contribution in [0.1, 0.15) is 175 Å². The number of carbonyl (C=O) groups is 3. The Hall–Kier alpha value is -3.93. The molecule has 0 spiro atoms. The van der Waals surface area contributed by atoms with Gasteiger partial charge in [-0.15, -0.1) is 0 Å². The van der Waals surface area contributed by atoms with Crippen molar-refractivity contribution in [1.29, 1.82) is 0 Å². The molecule has 0 N–H and O–H groups in total. The van der Waals surface area contributed by atoms with Crippen molar-refractivity contribution in [2.45, 2.75) is 181 Å². The van der Waals surface area contributed by atoms with Crippen LogP contribution in [0.2, 0.25) is 0 Å². The number of carbonyl (C=O) groups excluding carboxylic acids is 3. The van der Waals surface area contributed by atoms with E-state index in [4.69, 9.17) is 14.2 Å². The third kappa shape index (κ3) is 43.0. The predicted molar refractivity (Wildman–Crippen MR) is 242 cm³/mol. The van der Waals surface area contributed by atoms with Crippen LogP contribution >= 0.6 is 0 Å². The van der Waals surface area contributed by atoms with Crippen molar-refractivity contribution in [1.82, 2.24) is 0 Å². The molecule has 6 nitrogen and oxygen atoms in total. The van der Waals surface area contributed by atoms with Gasteiger partial charge in [-0.1, -0.05) is 156 Å². The maximum Gasteiger partial charge on any atom is 0.306 e. The number of hydrogen-bond acceptors (Lipinski definition) is 6. The second kappa shape index (κ2) is 44.8. The average molecular weight is 789 g/mol. The Morgan fingerprint density at radius 3 is 1.18 bits per heavy atom. The maximum absolute atomic E-state index is 12.7. The van der Waals surface area contributed by atoms with Crippen LogP contribution in [0.25, 0.3) is 0 Å². The normalized spacial score (nSPS) is 13.1. The smallest absolute Gasteiger partial charge is 0.306 e. The summed E-state index contributed by atoms with van der Waals surface area (Å²) < 4.78 is 16.6. The summed E-state index contributed by atoms with van der Waals surface area (Å²) in [6.07, 6.45) is 59.4. The van der Waals surface area contributed by atoms with E-state index in [9.17, 15) is 14.4 Å². The molecule has 0 saturated heterocycles. The topological polar surface area (TPSA) is 78.9 Å². The molecule has 0 aliphatic rings. The Balaban J connectivity index is 4.55. The quantitative estimate of drug-likeness (QED) is 0.0268. The Labute approximate surface area is 349 Å². The van der Waals surface area contributed by atoms with E-state index in [0.717, 1.165) is 109 Å². The van der Waals surface area contributed by atoms with Crippen LogP contribution in [0.3, 0.4) is 0 Å². The molecule has 0 saturated carbocycles. The van der Waals surface area contributed by atoms with Gasteiger partial charge in [0.1, 0.15) is 13.2 Å². The van der Waals surface area contributed by atoms with E-state index in [1.165, 1.54) is 12.8 Å². The SMILES string of the molecule is CC/C=C\C/C=C\C/C=C\C/C=C\C/C=C\CCCC(=O)OCC(COC(=O)CCCCCC/C=C\CCCC)OC(=O)CCCC/C=C\C/C=C\C/C=C\CC. The lowest BCUT2D eigenvalue weighted by atomic mass is 10.1. The molecule has 0 fully saturated rings. The monoisotopic (exact) mass is 789 g/mol. The minimum Gasteiger partial charge on any atom is -0.462 e. The predicted octanol–water partition coefficient (Wildman–Crippen LogP) is 14.4. The highest BCUT2D eigenvalue weighted by molar-refractivity contribution is 5.71. The molecule has 0 heterocycles. The van der Waals surface area contributed by atoms with Gasteiger partial charge >= 0.3 is 17.9 Å². The number of esters is 3. The molecule has 0 rings (SSSR count). The van der Waals surface area contributed by atoms with E-state index >= 15 is 0 Å². The van der Waals surface area contributed by atoms with Crippen molar-refractivity contribution in [2.75, 3.05) is 13.2 Å². The van der Waals surface area contributed by atoms with Crippen LogP contribution in [-0.4, -0.2) is 37.2 Å². The lowest BCUT2D eigenvalue weighted by Gasteiger charge is -2.18. The molecule has 0 aliphatic heterocycles. The highest BCUT2D eigenvalue weighted by Gasteiger charge is 2.19. The number of hydrogen-bond donors (Lipinski definition) is 0. The third-order valence-corrected chi connectivity index (χ3v) is 8.74. The lowest BCUT2D eigenvalue weighted by Crippen LogP contribution is -2.30. The van der Waals surface area contributed by atoms with E-state index in [-0.39, 0.29) is 44.0 Å². The average Bonchev–Trinajstić information content (AvgIpc) is 3.21. The highest BCUT2D eigenvalue weighted by atomic mass is 16.6. The number of allylic oxidation sites excluding steroid dienone is 18. The molecule has 1 atom stereocenters. The van der Waals surface area contributed by atoms with Gasteiger partial charge < -0.3 is 14.2 Å². The van der Waals surface area contributed by atoms with E-state index in [2.05, 4.69) is 130 Å². The first-order valence-electron chi connectivity index (χ1n) is 22.4. The summed E-state index contributed by atoms with van der Waals surface area (Å²) in [6.45, 7) is 6.23. The standard InChI is InChI=1S/C51H80O6/c1-4-7-10-13-16-19-22-24-25-26-27-28-30-32-35-38-41-44-50(53)56-47-48(46-55-49(52)43-40-37-34-31-21-18-15-12-9-6-3)57-51(54)45-42-39-36-33-29-23-20-17-14-11-8-5-2/h7-8,10-11,15-20,24-25,27-29,32-33,35,48H,4-6,9,12-14,21-23,26,30-31,34,36-47H2,1-3H3/b10-7-,11-8-,18-15-,19-16-,20-17-,25-24-,28-27-,33-29-,35-32-. The van der Waals surface area contributed by atoms with Crippen molar-refractivity contribution >= 4 is 17.9 Å². The van der Waals surface area contributed by atoms with Gasteiger partial charge in [0.15, 0.2) is 6.10 Å². The Bertz CT molecular complexity index is 1230. The first-order valence-corrected chi connectivity index (χ1v) is 22.4. The van der Waals surface area contributed by atoms with E-state index in [0.29, 0.717) is 19.3 Å². The first kappa shape index (κ1) is 53.1. The van der Waals surface area contributed by atoms with E-state index < -0.39 is 6.10 Å². The molecule has 0 radical (unpaired) electrons. The summed E-state index contributed by atoms with van der Waals surface area (Å²) in [5.41, 5.74) is 0. The van der Waals surface area contributed by atoms with Crippen LogP contribution in [0.4, 0.5) is 0 Å². The van der Waals surface area contributed by atoms with Crippen molar-refractivity contribution in [3.63, 3.8) is 0 Å². The number of rotatable bonds is 38. The molecule has 0 aromatic heterocycles. The van der Waals surface area contributed by atoms with Crippen molar-refractivity contribution in [3.8, 4) is 0 Å². The Morgan fingerprint density at radius 2 is 0.702 bits per heavy atom. The lowest BCUT2D eigenvalue weighted by molar-refractivity contribution is -0.167. The van der Waals surface area contributed by atoms with Gasteiger partial charge in [-0.3, -0.25) is 14.4 Å². The van der Waals surface area contributed by atoms with Crippen molar-refractivity contribution in [3.05, 3.63) is 109 Å². The summed E-state index contributed by atoms with van der Waals surface area (Å²) in [4.78, 5) is 37.7. The highest BCUT2D eigenvalue weighted by Crippen LogP contribution is 2.10. The molecule has 1 unspecified atom stereocenters. The summed E-state index contributed by atoms with van der Waals surface area (Å²) in [5.74, 6) is -1.05. The molecule has 0 aromatic rings. The van der Waals surface area contributed by atoms with Crippen LogP contribution in [0.5, 0.6) is 0 Å². The minimum absolute atomic E-state index is 0.120. The largest absolute Gasteiger partial charge is 0.462 e. The van der Waals surface area contributed by atoms with E-state index in [1.807, 2.05) is 0 Å². The van der Waals surface area contributed by atoms with Crippen LogP contribution in [-0.2, 0) is 28.6 Å². The second-order valence-corrected chi connectivity index (χ2v) is 14.2. The second-order valence-electron chi connectivity index (χ2n) is 14.2. The van der Waals surface area contributed by atoms with Gasteiger partial charge in [0, 0.05) is 19.3 Å². The van der Waals surface area contributed by atoms with Gasteiger partial charge in [-0.05, 0) is 109 Å². The zero-order valence-corrected chi connectivity index (χ0v) is 36.3. The molecule has 57 heavy (non-hydrogen) atoms. The molecule has 6 heteroatoms. The fourth-order valence-electron chi connectivity index (χ4n) is 5.41. The van der Waals surface area contributed by atoms with Gasteiger partial charge in [-0.25, -0.2) is 0 Å². The fourth-order valence-corrected chi connectivity index (χ4v) is 5.41. The van der Waals surface area contributed by atoms with Crippen molar-refractivity contribution in [2.24, 2.45) is 0 Å². The number of unbranched alkanes of at least 4 members (excludes halogenated alkanes) is 9. The van der Waals surface area contributed by atoms with Gasteiger partial charge in [0.25, 0.3) is 0 Å². The molecule has 0 aromatic carbocycles. The van der Waals surface area contributed by atoms with Crippen LogP contribution in [0.15, 0.2) is 109 Å². The zero-order chi connectivity index (χ0) is 41.5. The van der Waals surface area contributed by atoms with Crippen LogP contribution < -0.4 is 0 Å². The van der Waals surface area contributed by atoms with Gasteiger partial charge in [-0.2, -0.15) is 0 Å². The summed E-state index contributed by atoms with van der Waals surface area (Å²) in [6, 6.07) is 0. The molecule has 0 bridgehead atoms. The summed E-state index contributed by atoms with van der Waals surface area (Å²) in [7, 11) is 0. The third-order valence-electron chi connectivity index (χ3n) is 8.74. The Kier molecular flexibility index (Phi) is 41.7. The molecular formula is C51H80O6. The zero-order valence-electron chi connectivity index (χ0n) is 36.3. The molecule has 320 valence electrons. The first-order chi connectivity index (χ1) is 28.0. The van der Waals surface area contributed by atoms with Gasteiger partial charge in [0.2, 0.25) is 0 Å². The van der Waals surface area contributed by atoms with Crippen LogP contribution in [0, 0.1) is 0 Å². The Morgan fingerprint density at radius 1 is 0.368 bits per heavy atom. The fraction of sp³-hybridized carbons (Fsp3) is 0.588. The summed E-state index contributed by atoms with van der Waals surface area (Å²) >= 11 is 0. The van der Waals surface area contributed by atoms with Gasteiger partial charge in [0.05, 0.1) is 0 Å². The van der Waals surface area contributed by atoms with Crippen molar-refractivity contribution < 1.29 is 28.6 Å². The van der Waals surface area contributed by atoms with E-state index in [1.54, 1.807) is 0 Å².